The van der Waals surface area contributed by atoms with E-state index in [9.17, 15) is 37.5 Å². The van der Waals surface area contributed by atoms with Gasteiger partial charge in [-0.15, -0.1) is 17.9 Å². The normalized spacial score (nSPS) is 20.5. The summed E-state index contributed by atoms with van der Waals surface area (Å²) >= 11 is 1.40. The number of carboxylic acids is 1. The van der Waals surface area contributed by atoms with E-state index < -0.39 is 69.5 Å². The highest BCUT2D eigenvalue weighted by atomic mass is 32.2. The van der Waals surface area contributed by atoms with Gasteiger partial charge in [0.1, 0.15) is 50.9 Å². The Labute approximate surface area is 404 Å². The number of methoxy groups -OCH3 is 1. The fraction of sp³-hybridized carbons (Fsp3) is 0.479. The van der Waals surface area contributed by atoms with Gasteiger partial charge in [0.2, 0.25) is 11.8 Å². The number of nitrogen functional groups attached to an aromatic ring is 1. The first kappa shape index (κ1) is 50.6. The Balaban J connectivity index is 0.922. The highest BCUT2D eigenvalue weighted by Crippen LogP contribution is 2.45. The molecule has 2 aromatic heterocycles. The third-order valence-corrected chi connectivity index (χ3v) is 15.2. The summed E-state index contributed by atoms with van der Waals surface area (Å²) in [6, 6.07) is 11.0. The summed E-state index contributed by atoms with van der Waals surface area (Å²) in [7, 11) is -3.01. The summed E-state index contributed by atoms with van der Waals surface area (Å²) in [5, 5.41) is 22.7. The highest BCUT2D eigenvalue weighted by Gasteiger charge is 2.61. The number of sulfonamides is 1. The number of rotatable bonds is 22. The van der Waals surface area contributed by atoms with Crippen LogP contribution in [0.1, 0.15) is 102 Å². The van der Waals surface area contributed by atoms with E-state index in [4.69, 9.17) is 29.9 Å². The minimum absolute atomic E-state index is 0.0402. The van der Waals surface area contributed by atoms with E-state index in [1.54, 1.807) is 31.4 Å². The summed E-state index contributed by atoms with van der Waals surface area (Å²) in [4.78, 5) is 73.9. The van der Waals surface area contributed by atoms with Crippen LogP contribution in [0.2, 0.25) is 0 Å². The summed E-state index contributed by atoms with van der Waals surface area (Å²) in [5.74, 6) is -2.39. The van der Waals surface area contributed by atoms with Crippen LogP contribution in [0, 0.1) is 5.92 Å². The number of hydrogen-bond donors (Lipinski definition) is 7. The van der Waals surface area contributed by atoms with Gasteiger partial charge in [0.15, 0.2) is 0 Å². The van der Waals surface area contributed by atoms with Crippen LogP contribution < -0.4 is 41.2 Å². The van der Waals surface area contributed by atoms with Crippen molar-refractivity contribution in [2.45, 2.75) is 132 Å². The Morgan fingerprint density at radius 1 is 1.03 bits per heavy atom. The van der Waals surface area contributed by atoms with E-state index >= 15 is 0 Å². The number of nitrogens with two attached hydrogens (primary N) is 1. The average Bonchev–Trinajstić information content (AvgIpc) is 3.71. The largest absolute Gasteiger partial charge is 0.497 e. The maximum absolute atomic E-state index is 13.9. The number of ether oxygens (including phenoxy) is 3. The number of carbonyl (C=O) groups is 5. The Morgan fingerprint density at radius 2 is 1.78 bits per heavy atom. The van der Waals surface area contributed by atoms with Gasteiger partial charge in [-0.3, -0.25) is 14.4 Å². The average molecular weight is 989 g/mol. The predicted octanol–water partition coefficient (Wildman–Crippen LogP) is 6.15. The van der Waals surface area contributed by atoms with Gasteiger partial charge >= 0.3 is 12.1 Å². The second-order valence-corrected chi connectivity index (χ2v) is 20.7. The number of thiazole rings is 1. The molecule has 3 heterocycles. The van der Waals surface area contributed by atoms with E-state index in [1.165, 1.54) is 35.6 Å². The van der Waals surface area contributed by atoms with E-state index in [0.29, 0.717) is 64.5 Å². The van der Waals surface area contributed by atoms with Crippen molar-refractivity contribution in [1.82, 2.24) is 30.6 Å². The van der Waals surface area contributed by atoms with Crippen molar-refractivity contribution in [2.24, 2.45) is 5.92 Å². The lowest BCUT2D eigenvalue weighted by Crippen LogP contribution is -2.55. The molecule has 3 fully saturated rings. The molecule has 2 aliphatic carbocycles. The van der Waals surface area contributed by atoms with E-state index in [0.717, 1.165) is 30.7 Å². The number of pyridine rings is 1. The van der Waals surface area contributed by atoms with Crippen molar-refractivity contribution in [2.75, 3.05) is 24.7 Å². The van der Waals surface area contributed by atoms with Gasteiger partial charge in [0.05, 0.1) is 35.1 Å². The molecule has 2 saturated carbocycles. The van der Waals surface area contributed by atoms with Crippen molar-refractivity contribution >= 4 is 72.7 Å². The van der Waals surface area contributed by atoms with Crippen LogP contribution in [0.15, 0.2) is 66.1 Å². The highest BCUT2D eigenvalue weighted by molar-refractivity contribution is 7.90. The number of carbonyl (C=O) groups excluding carboxylic acids is 4. The number of amides is 4. The molecule has 69 heavy (non-hydrogen) atoms. The van der Waals surface area contributed by atoms with E-state index in [1.807, 2.05) is 19.9 Å². The molecule has 2 aromatic carbocycles. The molecule has 1 saturated heterocycles. The minimum Gasteiger partial charge on any atom is -0.497 e. The number of unbranched alkanes of at least 4 members (excludes halogenated alkanes) is 3. The smallest absolute Gasteiger partial charge is 0.408 e. The molecular weight excluding hydrogens is 929 g/mol. The Kier molecular flexibility index (Phi) is 16.1. The zero-order valence-electron chi connectivity index (χ0n) is 38.9. The lowest BCUT2D eigenvalue weighted by molar-refractivity contribution is -0.139. The zero-order chi connectivity index (χ0) is 49.5. The van der Waals surface area contributed by atoms with Crippen molar-refractivity contribution in [3.8, 4) is 22.9 Å². The van der Waals surface area contributed by atoms with Gasteiger partial charge < -0.3 is 46.3 Å². The molecule has 8 N–H and O–H groups in total. The Bertz CT molecular complexity index is 2690. The predicted molar refractivity (Wildman–Crippen MR) is 259 cm³/mol. The molecule has 3 aliphatic rings. The number of aromatic nitrogens is 2. The van der Waals surface area contributed by atoms with Crippen LogP contribution >= 0.6 is 11.3 Å². The second kappa shape index (κ2) is 22.0. The number of aliphatic carboxylic acids is 1. The maximum atomic E-state index is 13.9. The van der Waals surface area contributed by atoms with Gasteiger partial charge in [0, 0.05) is 48.7 Å². The van der Waals surface area contributed by atoms with Crippen LogP contribution in [-0.4, -0.2) is 96.8 Å². The lowest BCUT2D eigenvalue weighted by atomic mass is 10.1. The molecule has 19 nitrogen and oxygen atoms in total. The monoisotopic (exact) mass is 988 g/mol. The molecule has 0 unspecified atom stereocenters. The molecule has 0 radical (unpaired) electrons. The number of carboxylic acid groups (broad SMARTS) is 1. The molecule has 0 bridgehead atoms. The first-order valence-electron chi connectivity index (χ1n) is 23.3. The van der Waals surface area contributed by atoms with Crippen LogP contribution in [0.25, 0.3) is 22.3 Å². The summed E-state index contributed by atoms with van der Waals surface area (Å²) in [6.07, 6.45) is 6.22. The van der Waals surface area contributed by atoms with Crippen LogP contribution in [0.5, 0.6) is 11.5 Å². The Hall–Kier alpha value is -6.32. The number of hydrogen-bond acceptors (Lipinski definition) is 15. The van der Waals surface area contributed by atoms with E-state index in [2.05, 4.69) is 32.6 Å². The third kappa shape index (κ3) is 12.3. The molecule has 4 aromatic rings. The fourth-order valence-electron chi connectivity index (χ4n) is 8.68. The fourth-order valence-corrected chi connectivity index (χ4v) is 10.7. The zero-order valence-corrected chi connectivity index (χ0v) is 40.5. The van der Waals surface area contributed by atoms with Crippen molar-refractivity contribution in [3.63, 3.8) is 0 Å². The molecule has 370 valence electrons. The van der Waals surface area contributed by atoms with Crippen LogP contribution in [0.3, 0.4) is 0 Å². The summed E-state index contributed by atoms with van der Waals surface area (Å²) in [5.41, 5.74) is 6.43. The van der Waals surface area contributed by atoms with Gasteiger partial charge in [0.25, 0.3) is 15.9 Å². The van der Waals surface area contributed by atoms with E-state index in [-0.39, 0.29) is 54.8 Å². The van der Waals surface area contributed by atoms with Crippen LogP contribution in [0.4, 0.5) is 15.5 Å². The maximum Gasteiger partial charge on any atom is 0.408 e. The van der Waals surface area contributed by atoms with Crippen LogP contribution in [-0.2, 0) is 33.9 Å². The number of anilines is 2. The number of fused-ring (bicyclic) bond motifs is 1. The lowest BCUT2D eigenvalue weighted by Gasteiger charge is -2.21. The van der Waals surface area contributed by atoms with Crippen molar-refractivity contribution < 1.29 is 51.7 Å². The number of alkyl carbamates (subject to hydrolysis) is 1. The third-order valence-electron chi connectivity index (χ3n) is 12.6. The van der Waals surface area contributed by atoms with Gasteiger partial charge in [-0.05, 0) is 69.2 Å². The molecule has 1 aliphatic heterocycles. The van der Waals surface area contributed by atoms with Gasteiger partial charge in [-0.1, -0.05) is 51.3 Å². The first-order chi connectivity index (χ1) is 33.0. The molecule has 21 heteroatoms. The molecule has 4 amide bonds. The van der Waals surface area contributed by atoms with Gasteiger partial charge in [-0.25, -0.2) is 32.7 Å². The summed E-state index contributed by atoms with van der Waals surface area (Å²) in [6.45, 7) is 8.15. The molecule has 7 rings (SSSR count). The molecule has 5 atom stereocenters. The molecule has 0 spiro atoms. The number of nitrogens with one attached hydrogen (secondary N) is 5. The number of nitrogens with zero attached hydrogens (tertiary/aromatic N) is 2. The molecular formula is C48H60N8O11S2. The number of benzene rings is 2. The SMILES string of the molecule is C=C[C@@H]1C[C@]1(NC(=O)[C@@H]1C[C@@H](Oc2cc(-c3nc(C(C)C)sc3N)nc3cc(OC)ccc23)CN1)C(=O)NS(=O)(=O)c1ccccc1NC(=O)CCCCCC[C@H](NC(=O)OC1CCCC1)C(=O)O. The Morgan fingerprint density at radius 3 is 2.48 bits per heavy atom. The second-order valence-electron chi connectivity index (χ2n) is 18.0. The topological polar surface area (TPSA) is 279 Å². The standard InChI is InChI=1S/C48H60N8O11S2/c1-5-28-25-48(28,55-43(58)37-23-31(26-50-37)66-38-24-36(41-42(49)68-44(54-41)27(2)3)51-35-22-30(65-4)20-21-32(35)38)46(61)56-69(63,64)39-18-13-12-16-33(39)52-40(57)19-9-7-6-8-17-34(45(59)60)53-47(62)67-29-14-10-11-15-29/h5,12-13,16,18,20-22,24,27-29,31,34,37,50H,1,6-11,14-15,17,19,23,25-26,49H2,2-4H3,(H,52,57)(H,53,62)(H,55,58)(H,56,61)(H,59,60)/t28-,31-,34+,37+,48-/m1/s1. The van der Waals surface area contributed by atoms with Crippen molar-refractivity contribution in [3.05, 3.63) is 66.2 Å². The quantitative estimate of drug-likeness (QED) is 0.0344. The first-order valence-corrected chi connectivity index (χ1v) is 25.6. The summed E-state index contributed by atoms with van der Waals surface area (Å²) < 4.78 is 47.1. The van der Waals surface area contributed by atoms with Crippen molar-refractivity contribution in [1.29, 1.82) is 0 Å². The number of para-hydroxylation sites is 1. The van der Waals surface area contributed by atoms with Gasteiger partial charge in [-0.2, -0.15) is 0 Å². The minimum atomic E-state index is -4.57.